The summed E-state index contributed by atoms with van der Waals surface area (Å²) in [5.41, 5.74) is 0.806. The zero-order chi connectivity index (χ0) is 17.0. The van der Waals surface area contributed by atoms with Gasteiger partial charge in [0.05, 0.1) is 10.9 Å². The van der Waals surface area contributed by atoms with Crippen molar-refractivity contribution in [1.29, 1.82) is 0 Å². The number of hydrogen-bond donors (Lipinski definition) is 1. The van der Waals surface area contributed by atoms with Gasteiger partial charge in [-0.2, -0.15) is 4.31 Å². The fourth-order valence-electron chi connectivity index (χ4n) is 2.16. The molecule has 7 heteroatoms. The molecule has 0 spiro atoms. The number of nitrogens with zero attached hydrogens (tertiary/aromatic N) is 1. The molecule has 1 aromatic carbocycles. The van der Waals surface area contributed by atoms with Crippen LogP contribution < -0.4 is 0 Å². The normalized spacial score (nSPS) is 13.2. The summed E-state index contributed by atoms with van der Waals surface area (Å²) in [6.45, 7) is 1.85. The molecule has 0 bridgehead atoms. The molecule has 0 fully saturated rings. The lowest BCUT2D eigenvalue weighted by atomic mass is 10.1. The zero-order valence-corrected chi connectivity index (χ0v) is 14.6. The van der Waals surface area contributed by atoms with Crippen LogP contribution >= 0.6 is 11.3 Å². The Hall–Kier alpha value is -1.70. The van der Waals surface area contributed by atoms with E-state index >= 15 is 0 Å². The second-order valence-corrected chi connectivity index (χ2v) is 8.23. The summed E-state index contributed by atoms with van der Waals surface area (Å²) in [5.74, 6) is -0.869. The van der Waals surface area contributed by atoms with E-state index in [1.807, 2.05) is 24.4 Å². The van der Waals surface area contributed by atoms with Gasteiger partial charge in [0, 0.05) is 18.3 Å². The number of sulfonamides is 1. The van der Waals surface area contributed by atoms with E-state index in [0.29, 0.717) is 6.42 Å². The van der Waals surface area contributed by atoms with Gasteiger partial charge in [0.25, 0.3) is 0 Å². The average Bonchev–Trinajstić information content (AvgIpc) is 3.06. The molecule has 0 amide bonds. The number of aliphatic carboxylic acids is 1. The van der Waals surface area contributed by atoms with Gasteiger partial charge in [-0.25, -0.2) is 8.42 Å². The van der Waals surface area contributed by atoms with Crippen molar-refractivity contribution in [2.75, 3.05) is 7.05 Å². The fraction of sp³-hybridized carbons (Fsp3) is 0.312. The van der Waals surface area contributed by atoms with Crippen LogP contribution in [0.3, 0.4) is 0 Å². The van der Waals surface area contributed by atoms with Crippen molar-refractivity contribution < 1.29 is 18.3 Å². The van der Waals surface area contributed by atoms with Crippen molar-refractivity contribution in [2.45, 2.75) is 30.7 Å². The number of carbonyl (C=O) groups is 1. The number of hydrogen-bond acceptors (Lipinski definition) is 4. The van der Waals surface area contributed by atoms with Crippen molar-refractivity contribution >= 4 is 27.3 Å². The topological polar surface area (TPSA) is 74.7 Å². The zero-order valence-electron chi connectivity index (χ0n) is 13.0. The van der Waals surface area contributed by atoms with Crippen molar-refractivity contribution in [3.63, 3.8) is 0 Å². The van der Waals surface area contributed by atoms with Crippen LogP contribution in [0.4, 0.5) is 0 Å². The molecule has 0 saturated carbocycles. The summed E-state index contributed by atoms with van der Waals surface area (Å²) < 4.78 is 26.7. The third kappa shape index (κ3) is 4.19. The Morgan fingerprint density at radius 3 is 2.43 bits per heavy atom. The maximum atomic E-state index is 12.7. The Balaban J connectivity index is 2.17. The van der Waals surface area contributed by atoms with E-state index in [2.05, 4.69) is 0 Å². The lowest BCUT2D eigenvalue weighted by Crippen LogP contribution is -2.29. The molecule has 1 heterocycles. The number of thiophene rings is 1. The van der Waals surface area contributed by atoms with Crippen LogP contribution in [0.5, 0.6) is 0 Å². The van der Waals surface area contributed by atoms with E-state index in [4.69, 9.17) is 5.11 Å². The van der Waals surface area contributed by atoms with E-state index in [9.17, 15) is 13.2 Å². The van der Waals surface area contributed by atoms with Gasteiger partial charge in [-0.05, 0) is 42.5 Å². The molecule has 23 heavy (non-hydrogen) atoms. The van der Waals surface area contributed by atoms with E-state index < -0.39 is 16.0 Å². The number of benzene rings is 1. The van der Waals surface area contributed by atoms with E-state index in [1.54, 1.807) is 19.2 Å². The molecule has 0 saturated heterocycles. The van der Waals surface area contributed by atoms with Crippen LogP contribution in [0, 0.1) is 0 Å². The Kier molecular flexibility index (Phi) is 5.56. The van der Waals surface area contributed by atoms with E-state index in [0.717, 1.165) is 10.4 Å². The molecule has 1 unspecified atom stereocenters. The fourth-order valence-corrected chi connectivity index (χ4v) is 4.40. The predicted octanol–water partition coefficient (Wildman–Crippen LogP) is 3.15. The summed E-state index contributed by atoms with van der Waals surface area (Å²) in [5, 5.41) is 10.6. The highest BCUT2D eigenvalue weighted by molar-refractivity contribution is 7.89. The molecule has 0 aliphatic rings. The first-order valence-corrected chi connectivity index (χ1v) is 9.46. The molecule has 2 aromatic rings. The minimum atomic E-state index is -3.59. The first-order valence-electron chi connectivity index (χ1n) is 7.14. The van der Waals surface area contributed by atoms with Gasteiger partial charge in [0.1, 0.15) is 0 Å². The van der Waals surface area contributed by atoms with Crippen molar-refractivity contribution in [3.8, 4) is 0 Å². The number of rotatable bonds is 7. The highest BCUT2D eigenvalue weighted by atomic mass is 32.2. The van der Waals surface area contributed by atoms with Gasteiger partial charge < -0.3 is 5.11 Å². The largest absolute Gasteiger partial charge is 0.481 e. The van der Waals surface area contributed by atoms with Gasteiger partial charge in [-0.1, -0.05) is 18.2 Å². The second-order valence-electron chi connectivity index (χ2n) is 5.25. The highest BCUT2D eigenvalue weighted by Crippen LogP contribution is 2.28. The van der Waals surface area contributed by atoms with Gasteiger partial charge in [0.2, 0.25) is 10.0 Å². The summed E-state index contributed by atoms with van der Waals surface area (Å²) in [6.07, 6.45) is 0.415. The Bertz CT molecular complexity index is 752. The predicted molar refractivity (Wildman–Crippen MR) is 90.1 cm³/mol. The van der Waals surface area contributed by atoms with Crippen molar-refractivity contribution in [3.05, 3.63) is 52.2 Å². The summed E-state index contributed by atoms with van der Waals surface area (Å²) in [6, 6.07) is 9.96. The number of carboxylic acids is 1. The third-order valence-corrected chi connectivity index (χ3v) is 6.71. The van der Waals surface area contributed by atoms with Crippen LogP contribution in [0.1, 0.15) is 29.8 Å². The lowest BCUT2D eigenvalue weighted by Gasteiger charge is -2.23. The average molecular weight is 353 g/mol. The molecule has 2 rings (SSSR count). The number of aryl methyl sites for hydroxylation is 1. The smallest absolute Gasteiger partial charge is 0.303 e. The Labute approximate surface area is 140 Å². The highest BCUT2D eigenvalue weighted by Gasteiger charge is 2.26. The van der Waals surface area contributed by atoms with Gasteiger partial charge >= 0.3 is 5.97 Å². The molecule has 0 aliphatic carbocycles. The second kappa shape index (κ2) is 7.25. The monoisotopic (exact) mass is 353 g/mol. The van der Waals surface area contributed by atoms with Crippen LogP contribution in [0.25, 0.3) is 0 Å². The van der Waals surface area contributed by atoms with Gasteiger partial charge in [0.15, 0.2) is 0 Å². The summed E-state index contributed by atoms with van der Waals surface area (Å²) in [4.78, 5) is 11.8. The van der Waals surface area contributed by atoms with Crippen LogP contribution in [0.15, 0.2) is 46.7 Å². The lowest BCUT2D eigenvalue weighted by molar-refractivity contribution is -0.136. The molecule has 1 atom stereocenters. The minimum Gasteiger partial charge on any atom is -0.481 e. The number of carboxylic acid groups (broad SMARTS) is 1. The van der Waals surface area contributed by atoms with E-state index in [-0.39, 0.29) is 17.4 Å². The molecule has 124 valence electrons. The Morgan fingerprint density at radius 1 is 1.26 bits per heavy atom. The van der Waals surface area contributed by atoms with Crippen LogP contribution in [0.2, 0.25) is 0 Å². The molecule has 0 aliphatic heterocycles. The van der Waals surface area contributed by atoms with Crippen molar-refractivity contribution in [1.82, 2.24) is 4.31 Å². The Morgan fingerprint density at radius 2 is 1.91 bits per heavy atom. The van der Waals surface area contributed by atoms with Crippen LogP contribution in [-0.2, 0) is 21.2 Å². The molecule has 5 nitrogen and oxygen atoms in total. The minimum absolute atomic E-state index is 0.0292. The third-order valence-electron chi connectivity index (χ3n) is 3.73. The first-order chi connectivity index (χ1) is 10.8. The molecule has 1 aromatic heterocycles. The quantitative estimate of drug-likeness (QED) is 0.830. The molecular weight excluding hydrogens is 334 g/mol. The molecular formula is C16H19NO4S2. The maximum Gasteiger partial charge on any atom is 0.303 e. The molecule has 0 radical (unpaired) electrons. The maximum absolute atomic E-state index is 12.7. The van der Waals surface area contributed by atoms with Crippen molar-refractivity contribution in [2.24, 2.45) is 0 Å². The van der Waals surface area contributed by atoms with Gasteiger partial charge in [-0.15, -0.1) is 11.3 Å². The van der Waals surface area contributed by atoms with Crippen LogP contribution in [-0.4, -0.2) is 30.8 Å². The van der Waals surface area contributed by atoms with E-state index in [1.165, 1.54) is 27.8 Å². The molecule has 1 N–H and O–H groups in total. The van der Waals surface area contributed by atoms with Gasteiger partial charge in [-0.3, -0.25) is 4.79 Å². The standard InChI is InChI=1S/C16H19NO4S2/c1-12(15-4-3-11-22-15)17(2)23(20,21)14-8-5-13(6-9-14)7-10-16(18)19/h3-6,8-9,11-12H,7,10H2,1-2H3,(H,18,19). The SMILES string of the molecule is CC(c1cccs1)N(C)S(=O)(=O)c1ccc(CCC(=O)O)cc1. The summed E-state index contributed by atoms with van der Waals surface area (Å²) >= 11 is 1.52. The summed E-state index contributed by atoms with van der Waals surface area (Å²) in [7, 11) is -2.02. The first kappa shape index (κ1) is 17.7.